The Balaban J connectivity index is 1.29. The van der Waals surface area contributed by atoms with E-state index < -0.39 is 27.0 Å². The van der Waals surface area contributed by atoms with Crippen molar-refractivity contribution in [2.24, 2.45) is 0 Å². The Morgan fingerprint density at radius 1 is 1.08 bits per heavy atom. The summed E-state index contributed by atoms with van der Waals surface area (Å²) in [4.78, 5) is 17.4. The van der Waals surface area contributed by atoms with Crippen molar-refractivity contribution in [1.82, 2.24) is 14.5 Å². The zero-order valence-corrected chi connectivity index (χ0v) is 23.3. The van der Waals surface area contributed by atoms with Gasteiger partial charge in [0.2, 0.25) is 10.0 Å². The number of nitrogens with zero attached hydrogens (tertiary/aromatic N) is 2. The molecule has 200 valence electrons. The lowest BCUT2D eigenvalue weighted by molar-refractivity contribution is 0.0503. The number of amides is 1. The number of piperazine rings is 1. The van der Waals surface area contributed by atoms with Crippen LogP contribution in [0.5, 0.6) is 0 Å². The lowest BCUT2D eigenvalue weighted by Crippen LogP contribution is -2.52. The van der Waals surface area contributed by atoms with Crippen LogP contribution in [0.15, 0.2) is 30.3 Å². The molecule has 1 aliphatic heterocycles. The fraction of sp³-hybridized carbons (Fsp3) is 0.519. The van der Waals surface area contributed by atoms with E-state index in [1.165, 1.54) is 6.07 Å². The van der Waals surface area contributed by atoms with E-state index in [0.717, 1.165) is 49.2 Å². The van der Waals surface area contributed by atoms with Crippen LogP contribution < -0.4 is 4.72 Å². The first-order valence-electron chi connectivity index (χ1n) is 12.8. The molecule has 2 atom stereocenters. The largest absolute Gasteiger partial charge is 0.296 e. The third-order valence-corrected chi connectivity index (χ3v) is 9.97. The third-order valence-electron chi connectivity index (χ3n) is 7.71. The zero-order chi connectivity index (χ0) is 26.5. The molecule has 1 amide bonds. The first kappa shape index (κ1) is 26.9. The van der Waals surface area contributed by atoms with Crippen molar-refractivity contribution in [1.29, 1.82) is 0 Å². The fourth-order valence-corrected chi connectivity index (χ4v) is 7.21. The number of carbonyl (C=O) groups is 1. The number of benzene rings is 2. The molecule has 1 N–H and O–H groups in total. The van der Waals surface area contributed by atoms with E-state index in [1.807, 2.05) is 12.1 Å². The molecule has 3 fully saturated rings. The lowest BCUT2D eigenvalue weighted by Gasteiger charge is -2.43. The second-order valence-electron chi connectivity index (χ2n) is 10.7. The summed E-state index contributed by atoms with van der Waals surface area (Å²) in [6, 6.07) is 9.05. The quantitative estimate of drug-likeness (QED) is 0.456. The highest BCUT2D eigenvalue weighted by Crippen LogP contribution is 2.43. The molecule has 0 aromatic heterocycles. The Hall–Kier alpha value is -1.71. The van der Waals surface area contributed by atoms with Gasteiger partial charge in [0, 0.05) is 48.3 Å². The van der Waals surface area contributed by atoms with Gasteiger partial charge in [0.1, 0.15) is 5.82 Å². The van der Waals surface area contributed by atoms with Crippen molar-refractivity contribution in [3.8, 4) is 0 Å². The van der Waals surface area contributed by atoms with Crippen molar-refractivity contribution in [3.63, 3.8) is 0 Å². The summed E-state index contributed by atoms with van der Waals surface area (Å²) >= 11 is 12.4. The number of hydrogen-bond donors (Lipinski definition) is 1. The molecule has 2 aromatic rings. The predicted octanol–water partition coefficient (Wildman–Crippen LogP) is 5.50. The van der Waals surface area contributed by atoms with E-state index in [-0.39, 0.29) is 23.6 Å². The van der Waals surface area contributed by atoms with Gasteiger partial charge in [-0.1, -0.05) is 23.2 Å². The SMILES string of the molecule is C[C@@H]1CN(Cc2cc(F)c(C(=O)NS(=O)(=O)C3CC3)cc2C2CC2)CCN1[C@@H](C)c1cc(Cl)cc(Cl)c1. The molecule has 3 aliphatic rings. The molecule has 0 unspecified atom stereocenters. The fourth-order valence-electron chi connectivity index (χ4n) is 5.38. The summed E-state index contributed by atoms with van der Waals surface area (Å²) in [5.74, 6) is -1.27. The van der Waals surface area contributed by atoms with Gasteiger partial charge >= 0.3 is 0 Å². The monoisotopic (exact) mass is 567 g/mol. The lowest BCUT2D eigenvalue weighted by atomic mass is 9.97. The van der Waals surface area contributed by atoms with Crippen LogP contribution in [-0.4, -0.2) is 55.1 Å². The Kier molecular flexibility index (Phi) is 7.59. The molecule has 2 saturated carbocycles. The summed E-state index contributed by atoms with van der Waals surface area (Å²) in [6.45, 7) is 7.39. The third kappa shape index (κ3) is 6.14. The molecule has 0 radical (unpaired) electrons. The summed E-state index contributed by atoms with van der Waals surface area (Å²) in [5, 5.41) is 0.705. The van der Waals surface area contributed by atoms with E-state index in [2.05, 4.69) is 28.4 Å². The molecule has 6 nitrogen and oxygen atoms in total. The Bertz CT molecular complexity index is 1290. The van der Waals surface area contributed by atoms with Gasteiger partial charge in [-0.05, 0) is 92.5 Å². The van der Waals surface area contributed by atoms with Crippen molar-refractivity contribution >= 4 is 39.1 Å². The summed E-state index contributed by atoms with van der Waals surface area (Å²) in [6.07, 6.45) is 3.05. The highest BCUT2D eigenvalue weighted by atomic mass is 35.5. The van der Waals surface area contributed by atoms with E-state index in [4.69, 9.17) is 23.2 Å². The van der Waals surface area contributed by atoms with Gasteiger partial charge < -0.3 is 0 Å². The van der Waals surface area contributed by atoms with Crippen molar-refractivity contribution in [2.75, 3.05) is 19.6 Å². The number of nitrogens with one attached hydrogen (secondary N) is 1. The molecule has 1 saturated heterocycles. The molecule has 0 spiro atoms. The van der Waals surface area contributed by atoms with Crippen molar-refractivity contribution in [3.05, 3.63) is 68.4 Å². The average Bonchev–Trinajstić information content (AvgIpc) is 3.71. The van der Waals surface area contributed by atoms with Gasteiger partial charge in [0.25, 0.3) is 5.91 Å². The maximum atomic E-state index is 15.1. The van der Waals surface area contributed by atoms with E-state index in [9.17, 15) is 13.2 Å². The van der Waals surface area contributed by atoms with Crippen LogP contribution in [0.25, 0.3) is 0 Å². The topological polar surface area (TPSA) is 69.7 Å². The Labute approximate surface area is 228 Å². The predicted molar refractivity (Wildman–Crippen MR) is 144 cm³/mol. The van der Waals surface area contributed by atoms with E-state index in [0.29, 0.717) is 29.4 Å². The average molecular weight is 569 g/mol. The number of hydrogen-bond acceptors (Lipinski definition) is 5. The number of halogens is 3. The molecule has 2 aromatic carbocycles. The Morgan fingerprint density at radius 3 is 2.35 bits per heavy atom. The molecule has 1 heterocycles. The summed E-state index contributed by atoms with van der Waals surface area (Å²) in [7, 11) is -3.74. The molecule has 2 aliphatic carbocycles. The molecule has 5 rings (SSSR count). The van der Waals surface area contributed by atoms with Crippen LogP contribution in [0.3, 0.4) is 0 Å². The van der Waals surface area contributed by atoms with Crippen molar-refractivity contribution in [2.45, 2.75) is 69.3 Å². The second kappa shape index (κ2) is 10.5. The normalized spacial score (nSPS) is 22.1. The highest BCUT2D eigenvalue weighted by Gasteiger charge is 2.38. The van der Waals surface area contributed by atoms with Gasteiger partial charge in [-0.3, -0.25) is 14.6 Å². The van der Waals surface area contributed by atoms with Crippen molar-refractivity contribution < 1.29 is 17.6 Å². The molecule has 37 heavy (non-hydrogen) atoms. The summed E-state index contributed by atoms with van der Waals surface area (Å²) < 4.78 is 41.6. The minimum atomic E-state index is -3.74. The molecular formula is C27H32Cl2FN3O3S. The van der Waals surface area contributed by atoms with Gasteiger partial charge in [-0.2, -0.15) is 0 Å². The Morgan fingerprint density at radius 2 is 1.76 bits per heavy atom. The number of sulfonamides is 1. The number of rotatable bonds is 8. The van der Waals surface area contributed by atoms with E-state index >= 15 is 4.39 Å². The zero-order valence-electron chi connectivity index (χ0n) is 21.0. The second-order valence-corrected chi connectivity index (χ2v) is 13.5. The van der Waals surface area contributed by atoms with Gasteiger partial charge in [-0.25, -0.2) is 17.5 Å². The van der Waals surface area contributed by atoms with Gasteiger partial charge in [0.15, 0.2) is 0 Å². The van der Waals surface area contributed by atoms with Crippen LogP contribution in [0.2, 0.25) is 10.0 Å². The highest BCUT2D eigenvalue weighted by molar-refractivity contribution is 7.91. The maximum absolute atomic E-state index is 15.1. The van der Waals surface area contributed by atoms with Gasteiger partial charge in [-0.15, -0.1) is 0 Å². The summed E-state index contributed by atoms with van der Waals surface area (Å²) in [5.41, 5.74) is 2.71. The van der Waals surface area contributed by atoms with Crippen LogP contribution in [0, 0.1) is 5.82 Å². The molecule has 10 heteroatoms. The first-order valence-corrected chi connectivity index (χ1v) is 15.1. The molecular weight excluding hydrogens is 536 g/mol. The first-order chi connectivity index (χ1) is 17.5. The molecule has 0 bridgehead atoms. The smallest absolute Gasteiger partial charge is 0.267 e. The minimum Gasteiger partial charge on any atom is -0.296 e. The van der Waals surface area contributed by atoms with Crippen LogP contribution in [0.4, 0.5) is 4.39 Å². The van der Waals surface area contributed by atoms with Crippen LogP contribution >= 0.6 is 23.2 Å². The van der Waals surface area contributed by atoms with Gasteiger partial charge in [0.05, 0.1) is 10.8 Å². The van der Waals surface area contributed by atoms with Crippen LogP contribution in [-0.2, 0) is 16.6 Å². The maximum Gasteiger partial charge on any atom is 0.267 e. The minimum absolute atomic E-state index is 0.150. The number of carbonyl (C=O) groups excluding carboxylic acids is 1. The van der Waals surface area contributed by atoms with Crippen LogP contribution in [0.1, 0.15) is 78.5 Å². The van der Waals surface area contributed by atoms with E-state index in [1.54, 1.807) is 12.1 Å². The standard InChI is InChI=1S/C27H32Cl2FN3O3S/c1-16-14-32(7-8-33(16)17(2)19-9-21(28)12-22(29)10-19)15-20-11-26(30)25(13-24(20)18-3-4-18)27(34)31-37(35,36)23-5-6-23/h9-13,16-18,23H,3-8,14-15H2,1-2H3,(H,31,34)/t16-,17+/m1/s1.